The van der Waals surface area contributed by atoms with Gasteiger partial charge in [0.15, 0.2) is 17.5 Å². The first-order valence-electron chi connectivity index (χ1n) is 4.23. The van der Waals surface area contributed by atoms with Crippen LogP contribution in [0.1, 0.15) is 5.56 Å². The zero-order valence-electron chi connectivity index (χ0n) is 8.03. The van der Waals surface area contributed by atoms with Gasteiger partial charge in [-0.2, -0.15) is 0 Å². The molecular formula is C9H11NO6. The van der Waals surface area contributed by atoms with Crippen molar-refractivity contribution in [1.82, 2.24) is 0 Å². The van der Waals surface area contributed by atoms with Crippen molar-refractivity contribution >= 4 is 5.97 Å². The number of aliphatic hydroxyl groups is 2. The first kappa shape index (κ1) is 12.2. The molecule has 0 amide bonds. The fourth-order valence-electron chi connectivity index (χ4n) is 1.17. The van der Waals surface area contributed by atoms with E-state index in [1.165, 1.54) is 6.07 Å². The minimum atomic E-state index is -2.98. The Labute approximate surface area is 90.0 Å². The number of aliphatic carboxylic acids is 1. The SMILES string of the molecule is N[C@H](C(=O)O)C(O)(O)c1cccc(O)c1O. The lowest BCUT2D eigenvalue weighted by Crippen LogP contribution is -2.50. The maximum Gasteiger partial charge on any atom is 0.326 e. The van der Waals surface area contributed by atoms with Crippen LogP contribution >= 0.6 is 0 Å². The van der Waals surface area contributed by atoms with Crippen LogP contribution in [-0.2, 0) is 10.6 Å². The number of phenolic OH excluding ortho intramolecular Hbond substituents is 2. The van der Waals surface area contributed by atoms with Crippen molar-refractivity contribution in [2.75, 3.05) is 0 Å². The van der Waals surface area contributed by atoms with Crippen LogP contribution in [0.25, 0.3) is 0 Å². The van der Waals surface area contributed by atoms with Crippen molar-refractivity contribution in [3.8, 4) is 11.5 Å². The molecule has 0 bridgehead atoms. The van der Waals surface area contributed by atoms with Gasteiger partial charge in [0.25, 0.3) is 0 Å². The van der Waals surface area contributed by atoms with E-state index >= 15 is 0 Å². The molecule has 7 nitrogen and oxygen atoms in total. The van der Waals surface area contributed by atoms with Crippen LogP contribution < -0.4 is 5.73 Å². The molecule has 0 aliphatic carbocycles. The molecule has 1 aromatic rings. The second kappa shape index (κ2) is 3.97. The van der Waals surface area contributed by atoms with Gasteiger partial charge in [0, 0.05) is 0 Å². The third kappa shape index (κ3) is 1.91. The molecule has 0 unspecified atom stereocenters. The van der Waals surface area contributed by atoms with Crippen molar-refractivity contribution in [3.05, 3.63) is 23.8 Å². The highest BCUT2D eigenvalue weighted by Gasteiger charge is 2.41. The molecular weight excluding hydrogens is 218 g/mol. The molecule has 1 rings (SSSR count). The highest BCUT2D eigenvalue weighted by atomic mass is 16.5. The van der Waals surface area contributed by atoms with E-state index in [9.17, 15) is 20.1 Å². The summed E-state index contributed by atoms with van der Waals surface area (Å²) >= 11 is 0. The van der Waals surface area contributed by atoms with Crippen molar-refractivity contribution in [2.45, 2.75) is 11.8 Å². The molecule has 7 N–H and O–H groups in total. The molecule has 0 spiro atoms. The van der Waals surface area contributed by atoms with Crippen LogP contribution in [0.2, 0.25) is 0 Å². The van der Waals surface area contributed by atoms with Gasteiger partial charge in [-0.15, -0.1) is 0 Å². The van der Waals surface area contributed by atoms with Gasteiger partial charge in [0.1, 0.15) is 0 Å². The Bertz CT molecular complexity index is 416. The van der Waals surface area contributed by atoms with E-state index in [0.717, 1.165) is 12.1 Å². The minimum absolute atomic E-state index is 0.581. The first-order valence-corrected chi connectivity index (χ1v) is 4.23. The van der Waals surface area contributed by atoms with Gasteiger partial charge in [-0.1, -0.05) is 6.07 Å². The van der Waals surface area contributed by atoms with Crippen molar-refractivity contribution in [2.24, 2.45) is 5.73 Å². The summed E-state index contributed by atoms with van der Waals surface area (Å²) in [6.07, 6.45) is 0. The summed E-state index contributed by atoms with van der Waals surface area (Å²) < 4.78 is 0. The molecule has 0 fully saturated rings. The highest BCUT2D eigenvalue weighted by molar-refractivity contribution is 5.75. The Balaban J connectivity index is 3.26. The monoisotopic (exact) mass is 229 g/mol. The quantitative estimate of drug-likeness (QED) is 0.277. The molecule has 0 saturated carbocycles. The van der Waals surface area contributed by atoms with Crippen molar-refractivity contribution < 1.29 is 30.3 Å². The van der Waals surface area contributed by atoms with E-state index in [-0.39, 0.29) is 0 Å². The first-order chi connectivity index (χ1) is 7.28. The number of nitrogens with two attached hydrogens (primary N) is 1. The van der Waals surface area contributed by atoms with Gasteiger partial charge in [0.05, 0.1) is 5.56 Å². The normalized spacial score (nSPS) is 13.4. The van der Waals surface area contributed by atoms with E-state index in [1.807, 2.05) is 0 Å². The zero-order valence-corrected chi connectivity index (χ0v) is 8.03. The highest BCUT2D eigenvalue weighted by Crippen LogP contribution is 2.35. The Kier molecular flexibility index (Phi) is 3.04. The van der Waals surface area contributed by atoms with Crippen LogP contribution in [0, 0.1) is 0 Å². The number of benzene rings is 1. The third-order valence-electron chi connectivity index (χ3n) is 2.11. The lowest BCUT2D eigenvalue weighted by Gasteiger charge is -2.26. The molecule has 0 saturated heterocycles. The second-order valence-electron chi connectivity index (χ2n) is 3.22. The number of carbonyl (C=O) groups is 1. The molecule has 16 heavy (non-hydrogen) atoms. The maximum absolute atomic E-state index is 10.5. The summed E-state index contributed by atoms with van der Waals surface area (Å²) in [6.45, 7) is 0. The molecule has 0 aliphatic heterocycles. The van der Waals surface area contributed by atoms with Gasteiger partial charge >= 0.3 is 5.97 Å². The number of carboxylic acid groups (broad SMARTS) is 1. The summed E-state index contributed by atoms with van der Waals surface area (Å²) in [4.78, 5) is 10.5. The largest absolute Gasteiger partial charge is 0.504 e. The van der Waals surface area contributed by atoms with Crippen molar-refractivity contribution in [1.29, 1.82) is 0 Å². The summed E-state index contributed by atoms with van der Waals surface area (Å²) in [6, 6.07) is 1.29. The molecule has 1 aromatic carbocycles. The van der Waals surface area contributed by atoms with E-state index in [2.05, 4.69) is 0 Å². The summed E-state index contributed by atoms with van der Waals surface area (Å²) in [5.74, 6) is -6.08. The number of hydrogen-bond acceptors (Lipinski definition) is 6. The predicted octanol–water partition coefficient (Wildman–Crippen LogP) is -1.35. The van der Waals surface area contributed by atoms with Gasteiger partial charge in [0.2, 0.25) is 5.79 Å². The molecule has 88 valence electrons. The fraction of sp³-hybridized carbons (Fsp3) is 0.222. The number of carboxylic acids is 1. The van der Waals surface area contributed by atoms with E-state index in [0.29, 0.717) is 0 Å². The van der Waals surface area contributed by atoms with Gasteiger partial charge in [-0.05, 0) is 12.1 Å². The molecule has 0 aromatic heterocycles. The topological polar surface area (TPSA) is 144 Å². The lowest BCUT2D eigenvalue weighted by molar-refractivity contribution is -0.197. The van der Waals surface area contributed by atoms with Gasteiger partial charge in [-0.25, -0.2) is 0 Å². The standard InChI is InChI=1S/C9H11NO6/c10-7(8(13)14)9(15,16)4-2-1-3-5(11)6(4)12/h1-3,7,11-12,15-16H,10H2,(H,13,14)/t7-/m1/s1. The number of hydrogen-bond donors (Lipinski definition) is 6. The summed E-state index contributed by atoms with van der Waals surface area (Å²) in [7, 11) is 0. The molecule has 7 heteroatoms. The number of para-hydroxylation sites is 1. The number of rotatable bonds is 3. The number of aromatic hydroxyl groups is 2. The second-order valence-corrected chi connectivity index (χ2v) is 3.22. The minimum Gasteiger partial charge on any atom is -0.504 e. The Morgan fingerprint density at radius 3 is 2.38 bits per heavy atom. The average Bonchev–Trinajstić information content (AvgIpc) is 2.20. The van der Waals surface area contributed by atoms with Crippen LogP contribution in [0.15, 0.2) is 18.2 Å². The summed E-state index contributed by atoms with van der Waals surface area (Å²) in [5, 5.41) is 46.0. The average molecular weight is 229 g/mol. The van der Waals surface area contributed by atoms with E-state index < -0.39 is 34.9 Å². The molecule has 0 aliphatic rings. The molecule has 0 radical (unpaired) electrons. The predicted molar refractivity (Wildman–Crippen MR) is 51.5 cm³/mol. The van der Waals surface area contributed by atoms with Crippen LogP contribution in [0.5, 0.6) is 11.5 Å². The van der Waals surface area contributed by atoms with Crippen LogP contribution in [0.3, 0.4) is 0 Å². The fourth-order valence-corrected chi connectivity index (χ4v) is 1.17. The smallest absolute Gasteiger partial charge is 0.326 e. The van der Waals surface area contributed by atoms with E-state index in [1.54, 1.807) is 0 Å². The van der Waals surface area contributed by atoms with Gasteiger partial charge in [-0.3, -0.25) is 4.79 Å². The summed E-state index contributed by atoms with van der Waals surface area (Å²) in [5.41, 5.74) is 4.47. The Morgan fingerprint density at radius 2 is 1.88 bits per heavy atom. The molecule has 0 heterocycles. The van der Waals surface area contributed by atoms with Crippen molar-refractivity contribution in [3.63, 3.8) is 0 Å². The zero-order chi connectivity index (χ0) is 12.5. The Morgan fingerprint density at radius 1 is 1.31 bits per heavy atom. The maximum atomic E-state index is 10.5. The molecule has 1 atom stereocenters. The van der Waals surface area contributed by atoms with Crippen LogP contribution in [-0.4, -0.2) is 37.5 Å². The van der Waals surface area contributed by atoms with Crippen LogP contribution in [0.4, 0.5) is 0 Å². The Hall–Kier alpha value is -1.83. The third-order valence-corrected chi connectivity index (χ3v) is 2.11. The van der Waals surface area contributed by atoms with E-state index in [4.69, 9.17) is 15.9 Å². The van der Waals surface area contributed by atoms with Gasteiger partial charge < -0.3 is 31.3 Å². The lowest BCUT2D eigenvalue weighted by atomic mass is 9.97. The number of phenols is 2.